The minimum absolute atomic E-state index is 0. The maximum atomic E-state index is 11.8. The molecule has 4 nitrogen and oxygen atoms in total. The summed E-state index contributed by atoms with van der Waals surface area (Å²) >= 11 is 0. The van der Waals surface area contributed by atoms with Gasteiger partial charge >= 0.3 is 0 Å². The Morgan fingerprint density at radius 3 is 2.45 bits per heavy atom. The number of carbonyl (C=O) groups excluding carboxylic acids is 1. The minimum atomic E-state index is -0.805. The van der Waals surface area contributed by atoms with Crippen LogP contribution in [0.2, 0.25) is 0 Å². The van der Waals surface area contributed by atoms with Crippen LogP contribution in [0.1, 0.15) is 20.3 Å². The summed E-state index contributed by atoms with van der Waals surface area (Å²) in [6, 6.07) is 10.5. The molecule has 0 aromatic heterocycles. The van der Waals surface area contributed by atoms with Crippen molar-refractivity contribution >= 4 is 36.4 Å². The van der Waals surface area contributed by atoms with Crippen molar-refractivity contribution in [1.29, 1.82) is 0 Å². The third kappa shape index (κ3) is 4.85. The Morgan fingerprint density at radius 1 is 1.30 bits per heavy atom. The molecule has 0 radical (unpaired) electrons. The van der Waals surface area contributed by atoms with E-state index in [0.29, 0.717) is 0 Å². The lowest BCUT2D eigenvalue weighted by atomic mass is 10.1. The summed E-state index contributed by atoms with van der Waals surface area (Å²) in [6.07, 6.45) is 0.969. The minimum Gasteiger partial charge on any atom is -0.369 e. The average Bonchev–Trinajstić information content (AvgIpc) is 2.77. The van der Waals surface area contributed by atoms with Crippen molar-refractivity contribution in [3.8, 4) is 0 Å². The second-order valence-electron chi connectivity index (χ2n) is 5.46. The van der Waals surface area contributed by atoms with Crippen LogP contribution >= 0.6 is 24.8 Å². The van der Waals surface area contributed by atoms with Gasteiger partial charge in [-0.3, -0.25) is 4.79 Å². The highest BCUT2D eigenvalue weighted by Crippen LogP contribution is 2.19. The number of hydrogen-bond donors (Lipinski definition) is 2. The summed E-state index contributed by atoms with van der Waals surface area (Å²) < 4.78 is 0. The predicted octanol–water partition coefficient (Wildman–Crippen LogP) is 1.96. The Bertz CT molecular complexity index is 420. The van der Waals surface area contributed by atoms with Gasteiger partial charge in [-0.15, -0.1) is 24.8 Å². The molecule has 1 aromatic rings. The van der Waals surface area contributed by atoms with Gasteiger partial charge in [-0.05, 0) is 32.4 Å². The van der Waals surface area contributed by atoms with Crippen molar-refractivity contribution in [1.82, 2.24) is 5.32 Å². The fourth-order valence-electron chi connectivity index (χ4n) is 2.12. The van der Waals surface area contributed by atoms with Crippen LogP contribution in [-0.2, 0) is 4.79 Å². The molecule has 0 bridgehead atoms. The molecule has 1 amide bonds. The standard InChI is InChI=1S/C14H21N3O.2ClH/c1-14(2,15)13(18)16-11-8-9-17(10-11)12-6-4-3-5-7-12;;/h3-7,11H,8-10,15H2,1-2H3,(H,16,18);2*1H. The molecule has 2 rings (SSSR count). The first kappa shape index (κ1) is 19.0. The fourth-order valence-corrected chi connectivity index (χ4v) is 2.12. The number of amides is 1. The molecule has 6 heteroatoms. The van der Waals surface area contributed by atoms with Gasteiger partial charge in [0.2, 0.25) is 5.91 Å². The summed E-state index contributed by atoms with van der Waals surface area (Å²) in [5, 5.41) is 3.01. The molecule has 1 heterocycles. The number of anilines is 1. The summed E-state index contributed by atoms with van der Waals surface area (Å²) in [6.45, 7) is 5.28. The van der Waals surface area contributed by atoms with E-state index in [1.54, 1.807) is 13.8 Å². The third-order valence-corrected chi connectivity index (χ3v) is 3.23. The Hall–Kier alpha value is -0.970. The molecule has 1 fully saturated rings. The highest BCUT2D eigenvalue weighted by Gasteiger charge is 2.28. The number of para-hydroxylation sites is 1. The van der Waals surface area contributed by atoms with Crippen LogP contribution < -0.4 is 16.0 Å². The van der Waals surface area contributed by atoms with Crippen LogP contribution in [0.5, 0.6) is 0 Å². The van der Waals surface area contributed by atoms with Crippen LogP contribution in [0.3, 0.4) is 0 Å². The highest BCUT2D eigenvalue weighted by atomic mass is 35.5. The molecule has 1 atom stereocenters. The van der Waals surface area contributed by atoms with E-state index in [4.69, 9.17) is 5.73 Å². The maximum Gasteiger partial charge on any atom is 0.239 e. The van der Waals surface area contributed by atoms with Crippen LogP contribution in [0.15, 0.2) is 30.3 Å². The molecular formula is C14H23Cl2N3O. The molecule has 1 aromatic carbocycles. The summed E-state index contributed by atoms with van der Waals surface area (Å²) in [5.41, 5.74) is 6.18. The number of nitrogens with zero attached hydrogens (tertiary/aromatic N) is 1. The molecule has 0 spiro atoms. The number of nitrogens with one attached hydrogen (secondary N) is 1. The topological polar surface area (TPSA) is 58.4 Å². The quantitative estimate of drug-likeness (QED) is 0.895. The van der Waals surface area contributed by atoms with Crippen molar-refractivity contribution in [3.05, 3.63) is 30.3 Å². The Morgan fingerprint density at radius 2 is 1.90 bits per heavy atom. The third-order valence-electron chi connectivity index (χ3n) is 3.23. The van der Waals surface area contributed by atoms with Gasteiger partial charge in [0.25, 0.3) is 0 Å². The van der Waals surface area contributed by atoms with E-state index < -0.39 is 5.54 Å². The fraction of sp³-hybridized carbons (Fsp3) is 0.500. The first-order chi connectivity index (χ1) is 8.47. The van der Waals surface area contributed by atoms with Gasteiger partial charge in [-0.25, -0.2) is 0 Å². The zero-order valence-electron chi connectivity index (χ0n) is 11.8. The van der Waals surface area contributed by atoms with Crippen molar-refractivity contribution in [2.75, 3.05) is 18.0 Å². The number of nitrogens with two attached hydrogens (primary N) is 1. The lowest BCUT2D eigenvalue weighted by Crippen LogP contribution is -2.52. The molecule has 1 unspecified atom stereocenters. The number of benzene rings is 1. The van der Waals surface area contributed by atoms with Crippen molar-refractivity contribution in [2.24, 2.45) is 5.73 Å². The van der Waals surface area contributed by atoms with Gasteiger partial charge in [-0.1, -0.05) is 18.2 Å². The molecular weight excluding hydrogens is 297 g/mol. The van der Waals surface area contributed by atoms with E-state index >= 15 is 0 Å². The molecule has 1 saturated heterocycles. The zero-order chi connectivity index (χ0) is 13.2. The van der Waals surface area contributed by atoms with Crippen LogP contribution in [-0.4, -0.2) is 30.6 Å². The smallest absolute Gasteiger partial charge is 0.239 e. The van der Waals surface area contributed by atoms with E-state index in [9.17, 15) is 4.79 Å². The monoisotopic (exact) mass is 319 g/mol. The first-order valence-electron chi connectivity index (χ1n) is 6.36. The number of hydrogen-bond acceptors (Lipinski definition) is 3. The Balaban J connectivity index is 0.00000180. The van der Waals surface area contributed by atoms with Crippen molar-refractivity contribution < 1.29 is 4.79 Å². The van der Waals surface area contributed by atoms with E-state index in [1.165, 1.54) is 5.69 Å². The maximum absolute atomic E-state index is 11.8. The van der Waals surface area contributed by atoms with E-state index in [0.717, 1.165) is 19.5 Å². The van der Waals surface area contributed by atoms with E-state index in [1.807, 2.05) is 18.2 Å². The van der Waals surface area contributed by atoms with Crippen LogP contribution in [0.4, 0.5) is 5.69 Å². The van der Waals surface area contributed by atoms with Gasteiger partial charge < -0.3 is 16.0 Å². The Labute approximate surface area is 132 Å². The van der Waals surface area contributed by atoms with Crippen LogP contribution in [0.25, 0.3) is 0 Å². The number of carbonyl (C=O) groups is 1. The second-order valence-corrected chi connectivity index (χ2v) is 5.46. The predicted molar refractivity (Wildman–Crippen MR) is 88.0 cm³/mol. The number of rotatable bonds is 3. The average molecular weight is 320 g/mol. The van der Waals surface area contributed by atoms with E-state index in [-0.39, 0.29) is 36.8 Å². The van der Waals surface area contributed by atoms with E-state index in [2.05, 4.69) is 22.3 Å². The highest BCUT2D eigenvalue weighted by molar-refractivity contribution is 5.86. The summed E-state index contributed by atoms with van der Waals surface area (Å²) in [7, 11) is 0. The largest absolute Gasteiger partial charge is 0.369 e. The second kappa shape index (κ2) is 7.72. The molecule has 1 aliphatic rings. The number of halogens is 2. The van der Waals surface area contributed by atoms with Gasteiger partial charge in [0.15, 0.2) is 0 Å². The first-order valence-corrected chi connectivity index (χ1v) is 6.36. The normalized spacial score (nSPS) is 17.9. The molecule has 20 heavy (non-hydrogen) atoms. The lowest BCUT2D eigenvalue weighted by Gasteiger charge is -2.22. The molecule has 0 saturated carbocycles. The van der Waals surface area contributed by atoms with Gasteiger partial charge in [-0.2, -0.15) is 0 Å². The zero-order valence-corrected chi connectivity index (χ0v) is 13.5. The molecule has 114 valence electrons. The van der Waals surface area contributed by atoms with Gasteiger partial charge in [0.05, 0.1) is 5.54 Å². The Kier molecular flexibility index (Phi) is 7.34. The lowest BCUT2D eigenvalue weighted by molar-refractivity contribution is -0.125. The van der Waals surface area contributed by atoms with Crippen LogP contribution in [0, 0.1) is 0 Å². The van der Waals surface area contributed by atoms with Gasteiger partial charge in [0, 0.05) is 24.8 Å². The summed E-state index contributed by atoms with van der Waals surface area (Å²) in [5.74, 6) is -0.0811. The van der Waals surface area contributed by atoms with Crippen molar-refractivity contribution in [2.45, 2.75) is 31.8 Å². The van der Waals surface area contributed by atoms with Crippen molar-refractivity contribution in [3.63, 3.8) is 0 Å². The molecule has 0 aliphatic carbocycles. The SMILES string of the molecule is CC(C)(N)C(=O)NC1CCN(c2ccccc2)C1.Cl.Cl. The molecule has 1 aliphatic heterocycles. The molecule has 3 N–H and O–H groups in total. The van der Waals surface area contributed by atoms with Gasteiger partial charge in [0.1, 0.15) is 0 Å². The summed E-state index contributed by atoms with van der Waals surface area (Å²) in [4.78, 5) is 14.1.